The number of primary amides is 1. The van der Waals surface area contributed by atoms with E-state index in [1.807, 2.05) is 0 Å². The third-order valence-corrected chi connectivity index (χ3v) is 3.61. The number of piperidine rings is 1. The Kier molecular flexibility index (Phi) is 3.73. The highest BCUT2D eigenvalue weighted by Crippen LogP contribution is 2.35. The first-order chi connectivity index (χ1) is 10.3. The average molecular weight is 286 g/mol. The number of aromatic nitrogens is 6. The smallest absolute Gasteiger partial charge is 0.222 e. The molecule has 3 rings (SSSR count). The minimum absolute atomic E-state index is 0.235. The fraction of sp³-hybridized carbons (Fsp3) is 0.417. The maximum atomic E-state index is 12.0. The highest BCUT2D eigenvalue weighted by Gasteiger charge is 2.41. The van der Waals surface area contributed by atoms with Crippen LogP contribution in [0.3, 0.4) is 0 Å². The second kappa shape index (κ2) is 5.83. The van der Waals surface area contributed by atoms with Gasteiger partial charge in [0.2, 0.25) is 5.91 Å². The van der Waals surface area contributed by atoms with Crippen LogP contribution in [-0.2, 0) is 4.79 Å². The van der Waals surface area contributed by atoms with Gasteiger partial charge in [0.05, 0.1) is 5.92 Å². The summed E-state index contributed by atoms with van der Waals surface area (Å²) in [6.07, 6.45) is 5.64. The number of nitrogens with two attached hydrogens (primary N) is 1. The quantitative estimate of drug-likeness (QED) is 0.706. The molecule has 2 unspecified atom stereocenters. The molecule has 2 aromatic heterocycles. The predicted octanol–water partition coefficient (Wildman–Crippen LogP) is -1.37. The Morgan fingerprint density at radius 2 is 1.38 bits per heavy atom. The molecular formula is C12H14N8O. The van der Waals surface area contributed by atoms with Crippen LogP contribution in [0.25, 0.3) is 0 Å². The van der Waals surface area contributed by atoms with Crippen molar-refractivity contribution in [3.05, 3.63) is 37.0 Å². The van der Waals surface area contributed by atoms with Crippen molar-refractivity contribution >= 4 is 5.91 Å². The average Bonchev–Trinajstić information content (AvgIpc) is 2.55. The first-order valence-corrected chi connectivity index (χ1v) is 6.51. The minimum Gasteiger partial charge on any atom is -0.369 e. The van der Waals surface area contributed by atoms with Gasteiger partial charge >= 0.3 is 0 Å². The molecule has 1 saturated heterocycles. The van der Waals surface area contributed by atoms with Gasteiger partial charge in [-0.3, -0.25) is 4.79 Å². The van der Waals surface area contributed by atoms with E-state index in [-0.39, 0.29) is 11.8 Å². The third kappa shape index (κ3) is 2.68. The van der Waals surface area contributed by atoms with Crippen molar-refractivity contribution in [2.45, 2.75) is 11.8 Å². The lowest BCUT2D eigenvalue weighted by atomic mass is 9.77. The molecule has 1 aliphatic rings. The molecule has 0 aromatic carbocycles. The second-order valence-corrected chi connectivity index (χ2v) is 4.79. The van der Waals surface area contributed by atoms with Crippen molar-refractivity contribution in [2.24, 2.45) is 11.7 Å². The molecule has 9 nitrogen and oxygen atoms in total. The molecule has 3 heterocycles. The van der Waals surface area contributed by atoms with E-state index in [1.54, 1.807) is 0 Å². The number of hydrogen-bond donors (Lipinski definition) is 2. The molecular weight excluding hydrogens is 272 g/mol. The van der Waals surface area contributed by atoms with E-state index in [4.69, 9.17) is 5.73 Å². The van der Waals surface area contributed by atoms with E-state index in [2.05, 4.69) is 35.2 Å². The molecule has 21 heavy (non-hydrogen) atoms. The zero-order chi connectivity index (χ0) is 14.7. The van der Waals surface area contributed by atoms with Crippen molar-refractivity contribution in [3.8, 4) is 0 Å². The molecule has 9 heteroatoms. The number of amides is 1. The highest BCUT2D eigenvalue weighted by atomic mass is 16.1. The summed E-state index contributed by atoms with van der Waals surface area (Å²) in [7, 11) is 0. The lowest BCUT2D eigenvalue weighted by Gasteiger charge is -2.34. The van der Waals surface area contributed by atoms with Gasteiger partial charge < -0.3 is 11.1 Å². The van der Waals surface area contributed by atoms with Gasteiger partial charge in [0.1, 0.15) is 37.0 Å². The third-order valence-electron chi connectivity index (χ3n) is 3.61. The van der Waals surface area contributed by atoms with E-state index in [9.17, 15) is 4.79 Å². The Hall–Kier alpha value is -2.55. The molecule has 2 atom stereocenters. The first kappa shape index (κ1) is 13.4. The highest BCUT2D eigenvalue weighted by molar-refractivity contribution is 5.79. The molecule has 0 saturated carbocycles. The lowest BCUT2D eigenvalue weighted by molar-refractivity contribution is -0.123. The van der Waals surface area contributed by atoms with Gasteiger partial charge in [-0.2, -0.15) is 0 Å². The van der Waals surface area contributed by atoms with Gasteiger partial charge in [-0.05, 0) is 0 Å². The van der Waals surface area contributed by atoms with Crippen LogP contribution >= 0.6 is 0 Å². The summed E-state index contributed by atoms with van der Waals surface area (Å²) in [4.78, 5) is 36.1. The van der Waals surface area contributed by atoms with E-state index < -0.39 is 11.8 Å². The summed E-state index contributed by atoms with van der Waals surface area (Å²) in [6.45, 7) is 1.14. The van der Waals surface area contributed by atoms with Crippen LogP contribution < -0.4 is 11.1 Å². The van der Waals surface area contributed by atoms with Crippen LogP contribution in [0.5, 0.6) is 0 Å². The number of hydrogen-bond acceptors (Lipinski definition) is 8. The first-order valence-electron chi connectivity index (χ1n) is 6.51. The summed E-state index contributed by atoms with van der Waals surface area (Å²) < 4.78 is 0. The Morgan fingerprint density at radius 3 is 1.76 bits per heavy atom. The van der Waals surface area contributed by atoms with Crippen molar-refractivity contribution in [1.29, 1.82) is 0 Å². The Labute approximate surface area is 120 Å². The van der Waals surface area contributed by atoms with Gasteiger partial charge in [-0.15, -0.1) is 0 Å². The molecule has 108 valence electrons. The minimum atomic E-state index is -0.476. The summed E-state index contributed by atoms with van der Waals surface area (Å²) in [6, 6.07) is 0. The van der Waals surface area contributed by atoms with E-state index >= 15 is 0 Å². The molecule has 1 fully saturated rings. The molecule has 0 aliphatic carbocycles. The topological polar surface area (TPSA) is 132 Å². The van der Waals surface area contributed by atoms with Crippen molar-refractivity contribution in [2.75, 3.05) is 13.1 Å². The standard InChI is InChI=1S/C12H14N8O/c13-10(21)9-7(11-17-3-15-4-18-11)1-14-2-8(9)12-19-5-16-6-20-12/h3-9,14H,1-2H2,(H2,13,21). The number of nitrogens with zero attached hydrogens (tertiary/aromatic N) is 6. The largest absolute Gasteiger partial charge is 0.369 e. The van der Waals surface area contributed by atoms with Crippen LogP contribution in [0, 0.1) is 5.92 Å². The van der Waals surface area contributed by atoms with Crippen LogP contribution in [0.15, 0.2) is 25.3 Å². The van der Waals surface area contributed by atoms with Gasteiger partial charge in [0, 0.05) is 24.9 Å². The van der Waals surface area contributed by atoms with E-state index in [0.717, 1.165) is 0 Å². The van der Waals surface area contributed by atoms with E-state index in [1.165, 1.54) is 25.3 Å². The molecule has 0 bridgehead atoms. The maximum absolute atomic E-state index is 12.0. The number of carbonyl (C=O) groups is 1. The van der Waals surface area contributed by atoms with Gasteiger partial charge in [-0.25, -0.2) is 29.9 Å². The Morgan fingerprint density at radius 1 is 0.952 bits per heavy atom. The van der Waals surface area contributed by atoms with Gasteiger partial charge in [0.25, 0.3) is 0 Å². The summed E-state index contributed by atoms with van der Waals surface area (Å²) in [5.74, 6) is -0.273. The zero-order valence-electron chi connectivity index (χ0n) is 11.1. The predicted molar refractivity (Wildman–Crippen MR) is 70.7 cm³/mol. The van der Waals surface area contributed by atoms with Gasteiger partial charge in [0.15, 0.2) is 0 Å². The monoisotopic (exact) mass is 286 g/mol. The Bertz CT molecular complexity index is 560. The zero-order valence-corrected chi connectivity index (χ0v) is 11.1. The second-order valence-electron chi connectivity index (χ2n) is 4.79. The fourth-order valence-corrected chi connectivity index (χ4v) is 2.71. The normalized spacial score (nSPS) is 25.4. The molecule has 0 spiro atoms. The maximum Gasteiger partial charge on any atom is 0.222 e. The summed E-state index contributed by atoms with van der Waals surface area (Å²) >= 11 is 0. The lowest BCUT2D eigenvalue weighted by Crippen LogP contribution is -2.47. The molecule has 3 N–H and O–H groups in total. The summed E-state index contributed by atoms with van der Waals surface area (Å²) in [5.41, 5.74) is 5.61. The van der Waals surface area contributed by atoms with Crippen LogP contribution in [0.4, 0.5) is 0 Å². The fourth-order valence-electron chi connectivity index (χ4n) is 2.71. The molecule has 1 aliphatic heterocycles. The molecule has 1 amide bonds. The number of carbonyl (C=O) groups excluding carboxylic acids is 1. The SMILES string of the molecule is NC(=O)C1C(c2ncncn2)CNCC1c1ncncn1. The van der Waals surface area contributed by atoms with Crippen molar-refractivity contribution < 1.29 is 4.79 Å². The number of nitrogens with one attached hydrogen (secondary N) is 1. The van der Waals surface area contributed by atoms with E-state index in [0.29, 0.717) is 24.7 Å². The summed E-state index contributed by atoms with van der Waals surface area (Å²) in [5, 5.41) is 3.26. The van der Waals surface area contributed by atoms with Crippen LogP contribution in [-0.4, -0.2) is 48.9 Å². The van der Waals surface area contributed by atoms with Crippen molar-refractivity contribution in [1.82, 2.24) is 35.2 Å². The number of rotatable bonds is 3. The molecule has 2 aromatic rings. The van der Waals surface area contributed by atoms with Gasteiger partial charge in [-0.1, -0.05) is 0 Å². The Balaban J connectivity index is 1.97. The van der Waals surface area contributed by atoms with Crippen molar-refractivity contribution in [3.63, 3.8) is 0 Å². The van der Waals surface area contributed by atoms with Crippen LogP contribution in [0.2, 0.25) is 0 Å². The van der Waals surface area contributed by atoms with Crippen LogP contribution in [0.1, 0.15) is 23.5 Å². The molecule has 0 radical (unpaired) electrons.